The summed E-state index contributed by atoms with van der Waals surface area (Å²) in [5.74, 6) is 0.686. The fraction of sp³-hybridized carbons (Fsp3) is 0.929. The molecule has 0 aromatic rings. The van der Waals surface area contributed by atoms with E-state index in [1.165, 1.54) is 39.2 Å². The highest BCUT2D eigenvalue weighted by molar-refractivity contribution is 5.76. The molecule has 4 nitrogen and oxygen atoms in total. The van der Waals surface area contributed by atoms with Crippen molar-refractivity contribution in [1.29, 1.82) is 0 Å². The van der Waals surface area contributed by atoms with E-state index >= 15 is 0 Å². The second kappa shape index (κ2) is 6.53. The number of rotatable bonds is 4. The Balaban J connectivity index is 1.70. The highest BCUT2D eigenvalue weighted by atomic mass is 16.5. The molecule has 2 aliphatic rings. The van der Waals surface area contributed by atoms with Gasteiger partial charge in [0.2, 0.25) is 0 Å². The maximum Gasteiger partial charge on any atom is 0.322 e. The largest absolute Gasteiger partial charge is 0.468 e. The van der Waals surface area contributed by atoms with Crippen LogP contribution >= 0.6 is 0 Å². The molecule has 0 amide bonds. The predicted octanol–water partition coefficient (Wildman–Crippen LogP) is 1.88. The second-order valence-corrected chi connectivity index (χ2v) is 5.63. The van der Waals surface area contributed by atoms with Crippen LogP contribution in [0.1, 0.15) is 44.9 Å². The van der Waals surface area contributed by atoms with Crippen molar-refractivity contribution in [3.8, 4) is 0 Å². The number of carbonyl (C=O) groups is 1. The van der Waals surface area contributed by atoms with E-state index in [0.717, 1.165) is 18.8 Å². The van der Waals surface area contributed by atoms with Crippen molar-refractivity contribution < 1.29 is 14.3 Å². The molecular formula is C14H25NO3. The lowest BCUT2D eigenvalue weighted by molar-refractivity contribution is -0.142. The zero-order valence-electron chi connectivity index (χ0n) is 11.5. The molecule has 0 bridgehead atoms. The first-order chi connectivity index (χ1) is 8.72. The van der Waals surface area contributed by atoms with Gasteiger partial charge < -0.3 is 14.8 Å². The van der Waals surface area contributed by atoms with Crippen molar-refractivity contribution in [2.24, 2.45) is 5.92 Å². The van der Waals surface area contributed by atoms with E-state index in [-0.39, 0.29) is 12.0 Å². The van der Waals surface area contributed by atoms with E-state index in [0.29, 0.717) is 12.1 Å². The lowest BCUT2D eigenvalue weighted by atomic mass is 9.83. The Morgan fingerprint density at radius 1 is 1.11 bits per heavy atom. The summed E-state index contributed by atoms with van der Waals surface area (Å²) < 4.78 is 10.2. The van der Waals surface area contributed by atoms with Crippen LogP contribution in [0.15, 0.2) is 0 Å². The summed E-state index contributed by atoms with van der Waals surface area (Å²) >= 11 is 0. The van der Waals surface area contributed by atoms with Crippen molar-refractivity contribution in [1.82, 2.24) is 5.32 Å². The van der Waals surface area contributed by atoms with E-state index in [2.05, 4.69) is 5.32 Å². The Morgan fingerprint density at radius 2 is 1.83 bits per heavy atom. The number of hydrogen-bond acceptors (Lipinski definition) is 4. The maximum atomic E-state index is 11.4. The molecule has 0 aromatic heterocycles. The number of methoxy groups -OCH3 is 2. The van der Waals surface area contributed by atoms with Crippen LogP contribution in [-0.4, -0.2) is 38.4 Å². The monoisotopic (exact) mass is 255 g/mol. The number of esters is 1. The lowest BCUT2D eigenvalue weighted by Gasteiger charge is -2.29. The van der Waals surface area contributed by atoms with Crippen LogP contribution in [0, 0.1) is 5.92 Å². The summed E-state index contributed by atoms with van der Waals surface area (Å²) in [4.78, 5) is 11.4. The van der Waals surface area contributed by atoms with Gasteiger partial charge in [-0.25, -0.2) is 0 Å². The highest BCUT2D eigenvalue weighted by Crippen LogP contribution is 2.31. The van der Waals surface area contributed by atoms with Crippen LogP contribution in [0.5, 0.6) is 0 Å². The summed E-state index contributed by atoms with van der Waals surface area (Å²) in [5.41, 5.74) is 0. The third-order valence-corrected chi connectivity index (χ3v) is 4.47. The quantitative estimate of drug-likeness (QED) is 0.779. The first-order valence-electron chi connectivity index (χ1n) is 7.09. The minimum Gasteiger partial charge on any atom is -0.468 e. The number of ether oxygens (including phenoxy) is 2. The van der Waals surface area contributed by atoms with Crippen LogP contribution in [0.2, 0.25) is 0 Å². The zero-order valence-corrected chi connectivity index (χ0v) is 11.5. The topological polar surface area (TPSA) is 47.6 Å². The van der Waals surface area contributed by atoms with Gasteiger partial charge in [-0.05, 0) is 50.9 Å². The normalized spacial score (nSPS) is 36.6. The van der Waals surface area contributed by atoms with Gasteiger partial charge in [0.1, 0.15) is 6.04 Å². The Labute approximate surface area is 109 Å². The van der Waals surface area contributed by atoms with Gasteiger partial charge in [-0.15, -0.1) is 0 Å². The minimum atomic E-state index is -0.111. The van der Waals surface area contributed by atoms with Gasteiger partial charge in [-0.3, -0.25) is 4.79 Å². The fourth-order valence-corrected chi connectivity index (χ4v) is 3.34. The summed E-state index contributed by atoms with van der Waals surface area (Å²) in [5, 5.41) is 3.41. The van der Waals surface area contributed by atoms with Crippen molar-refractivity contribution in [3.63, 3.8) is 0 Å². The van der Waals surface area contributed by atoms with Gasteiger partial charge in [0, 0.05) is 13.2 Å². The molecule has 4 heteroatoms. The SMILES string of the molecule is COC(=O)C1CCC(CC2CCC(OC)CC2)N1. The van der Waals surface area contributed by atoms with E-state index in [1.807, 2.05) is 7.11 Å². The van der Waals surface area contributed by atoms with Crippen molar-refractivity contribution >= 4 is 5.97 Å². The first-order valence-corrected chi connectivity index (χ1v) is 7.09. The molecule has 2 unspecified atom stereocenters. The number of carbonyl (C=O) groups excluding carboxylic acids is 1. The molecule has 1 aliphatic carbocycles. The molecule has 0 radical (unpaired) electrons. The zero-order chi connectivity index (χ0) is 13.0. The summed E-state index contributed by atoms with van der Waals surface area (Å²) in [6.07, 6.45) is 8.60. The van der Waals surface area contributed by atoms with Gasteiger partial charge in [-0.2, -0.15) is 0 Å². The molecule has 2 rings (SSSR count). The molecule has 1 N–H and O–H groups in total. The van der Waals surface area contributed by atoms with Crippen molar-refractivity contribution in [2.45, 2.75) is 63.1 Å². The third kappa shape index (κ3) is 3.45. The fourth-order valence-electron chi connectivity index (χ4n) is 3.34. The molecule has 1 heterocycles. The van der Waals surface area contributed by atoms with E-state index < -0.39 is 0 Å². The van der Waals surface area contributed by atoms with Crippen LogP contribution in [0.25, 0.3) is 0 Å². The molecule has 1 saturated carbocycles. The van der Waals surface area contributed by atoms with Crippen LogP contribution < -0.4 is 5.32 Å². The summed E-state index contributed by atoms with van der Waals surface area (Å²) in [6.45, 7) is 0. The Bertz CT molecular complexity index is 274. The number of hydrogen-bond donors (Lipinski definition) is 1. The van der Waals surface area contributed by atoms with E-state index in [4.69, 9.17) is 9.47 Å². The van der Waals surface area contributed by atoms with Crippen molar-refractivity contribution in [2.75, 3.05) is 14.2 Å². The van der Waals surface area contributed by atoms with E-state index in [1.54, 1.807) is 0 Å². The highest BCUT2D eigenvalue weighted by Gasteiger charge is 2.32. The van der Waals surface area contributed by atoms with Gasteiger partial charge in [0.05, 0.1) is 13.2 Å². The molecule has 1 aliphatic heterocycles. The van der Waals surface area contributed by atoms with Gasteiger partial charge >= 0.3 is 5.97 Å². The summed E-state index contributed by atoms with van der Waals surface area (Å²) in [6, 6.07) is 0.425. The first kappa shape index (κ1) is 13.8. The van der Waals surface area contributed by atoms with E-state index in [9.17, 15) is 4.79 Å². The Kier molecular flexibility index (Phi) is 5.01. The Hall–Kier alpha value is -0.610. The van der Waals surface area contributed by atoms with Gasteiger partial charge in [-0.1, -0.05) is 0 Å². The van der Waals surface area contributed by atoms with Crippen LogP contribution in [-0.2, 0) is 14.3 Å². The van der Waals surface area contributed by atoms with Crippen molar-refractivity contribution in [3.05, 3.63) is 0 Å². The average Bonchev–Trinajstić information content (AvgIpc) is 2.87. The smallest absolute Gasteiger partial charge is 0.322 e. The molecular weight excluding hydrogens is 230 g/mol. The molecule has 0 aromatic carbocycles. The number of nitrogens with one attached hydrogen (secondary N) is 1. The molecule has 104 valence electrons. The molecule has 0 spiro atoms. The Morgan fingerprint density at radius 3 is 2.44 bits per heavy atom. The molecule has 18 heavy (non-hydrogen) atoms. The third-order valence-electron chi connectivity index (χ3n) is 4.47. The average molecular weight is 255 g/mol. The molecule has 1 saturated heterocycles. The molecule has 2 atom stereocenters. The second-order valence-electron chi connectivity index (χ2n) is 5.63. The lowest BCUT2D eigenvalue weighted by Crippen LogP contribution is -2.37. The minimum absolute atomic E-state index is 0.0738. The standard InChI is InChI=1S/C14H25NO3/c1-17-12-6-3-10(4-7-12)9-11-5-8-13(15-11)14(16)18-2/h10-13,15H,3-9H2,1-2H3. The van der Waals surface area contributed by atoms with Gasteiger partial charge in [0.25, 0.3) is 0 Å². The maximum absolute atomic E-state index is 11.4. The summed E-state index contributed by atoms with van der Waals surface area (Å²) in [7, 11) is 3.27. The van der Waals surface area contributed by atoms with Gasteiger partial charge in [0.15, 0.2) is 0 Å². The van der Waals surface area contributed by atoms with Crippen LogP contribution in [0.4, 0.5) is 0 Å². The molecule has 2 fully saturated rings. The van der Waals surface area contributed by atoms with Crippen LogP contribution in [0.3, 0.4) is 0 Å². The predicted molar refractivity (Wildman–Crippen MR) is 69.3 cm³/mol.